The molecule has 7 heteroatoms. The Morgan fingerprint density at radius 3 is 2.25 bits per heavy atom. The number of carbonyl (C=O) groups is 2. The molecule has 0 saturated heterocycles. The third-order valence-corrected chi connectivity index (χ3v) is 3.78. The highest BCUT2D eigenvalue weighted by Crippen LogP contribution is 2.29. The minimum Gasteiger partial charge on any atom is -0.459 e. The summed E-state index contributed by atoms with van der Waals surface area (Å²) in [5, 5.41) is 2.78. The van der Waals surface area contributed by atoms with Gasteiger partial charge < -0.3 is 14.4 Å². The topological polar surface area (TPSA) is 85.3 Å². The normalized spacial score (nSPS) is 19.8. The van der Waals surface area contributed by atoms with E-state index in [4.69, 9.17) is 9.47 Å². The van der Waals surface area contributed by atoms with Crippen molar-refractivity contribution in [2.24, 2.45) is 5.18 Å². The SMILES string of the molecule is CN(C(=O)OC(C)(C)C)[C@H]1C[C@H](OC(=O)c2ccc(N=O)cc2)C1. The van der Waals surface area contributed by atoms with Gasteiger partial charge in [0.05, 0.1) is 5.56 Å². The van der Waals surface area contributed by atoms with Crippen molar-refractivity contribution in [3.8, 4) is 0 Å². The molecule has 1 fully saturated rings. The molecule has 0 unspecified atom stereocenters. The summed E-state index contributed by atoms with van der Waals surface area (Å²) >= 11 is 0. The van der Waals surface area contributed by atoms with Crippen molar-refractivity contribution in [2.45, 2.75) is 51.4 Å². The first-order valence-electron chi connectivity index (χ1n) is 7.80. The van der Waals surface area contributed by atoms with E-state index in [2.05, 4.69) is 5.18 Å². The third kappa shape index (κ3) is 4.53. The number of esters is 1. The summed E-state index contributed by atoms with van der Waals surface area (Å²) in [7, 11) is 1.68. The maximum Gasteiger partial charge on any atom is 0.410 e. The van der Waals surface area contributed by atoms with Crippen LogP contribution in [0, 0.1) is 4.91 Å². The van der Waals surface area contributed by atoms with Gasteiger partial charge in [-0.15, -0.1) is 4.91 Å². The predicted octanol–water partition coefficient (Wildman–Crippen LogP) is 3.64. The van der Waals surface area contributed by atoms with Crippen molar-refractivity contribution in [2.75, 3.05) is 7.05 Å². The number of ether oxygens (including phenoxy) is 2. The first-order valence-corrected chi connectivity index (χ1v) is 7.80. The zero-order valence-corrected chi connectivity index (χ0v) is 14.3. The summed E-state index contributed by atoms with van der Waals surface area (Å²) in [4.78, 5) is 35.9. The predicted molar refractivity (Wildman–Crippen MR) is 88.1 cm³/mol. The summed E-state index contributed by atoms with van der Waals surface area (Å²) in [6, 6.07) is 5.93. The highest BCUT2D eigenvalue weighted by molar-refractivity contribution is 5.89. The Hall–Kier alpha value is -2.44. The number of amides is 1. The molecule has 1 aliphatic carbocycles. The second-order valence-corrected chi connectivity index (χ2v) is 6.88. The zero-order valence-electron chi connectivity index (χ0n) is 14.3. The lowest BCUT2D eigenvalue weighted by atomic mass is 9.88. The quantitative estimate of drug-likeness (QED) is 0.620. The van der Waals surface area contributed by atoms with Gasteiger partial charge in [0.25, 0.3) is 0 Å². The van der Waals surface area contributed by atoms with Gasteiger partial charge >= 0.3 is 12.1 Å². The number of hydrogen-bond acceptors (Lipinski definition) is 6. The molecule has 0 N–H and O–H groups in total. The number of benzene rings is 1. The van der Waals surface area contributed by atoms with Gasteiger partial charge in [-0.1, -0.05) is 0 Å². The van der Waals surface area contributed by atoms with Crippen LogP contribution in [0.15, 0.2) is 29.4 Å². The molecule has 1 aromatic carbocycles. The third-order valence-electron chi connectivity index (χ3n) is 3.78. The molecule has 0 bridgehead atoms. The average Bonchev–Trinajstić information content (AvgIpc) is 2.48. The molecule has 1 aromatic rings. The van der Waals surface area contributed by atoms with E-state index in [0.29, 0.717) is 18.4 Å². The number of rotatable bonds is 4. The van der Waals surface area contributed by atoms with Crippen LogP contribution in [0.3, 0.4) is 0 Å². The molecule has 0 atom stereocenters. The monoisotopic (exact) mass is 334 g/mol. The molecular formula is C17H22N2O5. The minimum absolute atomic E-state index is 0.000658. The molecule has 1 saturated carbocycles. The lowest BCUT2D eigenvalue weighted by Crippen LogP contribution is -2.50. The Morgan fingerprint density at radius 1 is 1.17 bits per heavy atom. The maximum absolute atomic E-state index is 12.0. The molecule has 0 heterocycles. The maximum atomic E-state index is 12.0. The van der Waals surface area contributed by atoms with Crippen LogP contribution in [0.25, 0.3) is 0 Å². The highest BCUT2D eigenvalue weighted by Gasteiger charge is 2.38. The molecule has 1 aliphatic rings. The van der Waals surface area contributed by atoms with Crippen molar-refractivity contribution in [1.29, 1.82) is 0 Å². The number of carbonyl (C=O) groups excluding carboxylic acids is 2. The molecule has 130 valence electrons. The molecule has 7 nitrogen and oxygen atoms in total. The van der Waals surface area contributed by atoms with Crippen molar-refractivity contribution in [3.63, 3.8) is 0 Å². The van der Waals surface area contributed by atoms with Crippen LogP contribution >= 0.6 is 0 Å². The lowest BCUT2D eigenvalue weighted by Gasteiger charge is -2.40. The van der Waals surface area contributed by atoms with Gasteiger partial charge in [-0.3, -0.25) is 0 Å². The van der Waals surface area contributed by atoms with Crippen LogP contribution in [0.1, 0.15) is 44.0 Å². The molecule has 1 amide bonds. The number of hydrogen-bond donors (Lipinski definition) is 0. The zero-order chi connectivity index (χ0) is 17.9. The van der Waals surface area contributed by atoms with Crippen molar-refractivity contribution in [3.05, 3.63) is 34.7 Å². The summed E-state index contributed by atoms with van der Waals surface area (Å²) in [6.07, 6.45) is 0.552. The number of nitrogens with zero attached hydrogens (tertiary/aromatic N) is 2. The molecule has 0 radical (unpaired) electrons. The van der Waals surface area contributed by atoms with Crippen molar-refractivity contribution in [1.82, 2.24) is 4.90 Å². The largest absolute Gasteiger partial charge is 0.459 e. The number of nitroso groups, excluding NO2 is 1. The van der Waals surface area contributed by atoms with Gasteiger partial charge in [-0.05, 0) is 50.2 Å². The Labute approximate surface area is 140 Å². The molecule has 0 aromatic heterocycles. The fourth-order valence-electron chi connectivity index (χ4n) is 2.31. The fraction of sp³-hybridized carbons (Fsp3) is 0.529. The highest BCUT2D eigenvalue weighted by atomic mass is 16.6. The Kier molecular flexibility index (Phi) is 5.21. The van der Waals surface area contributed by atoms with Crippen molar-refractivity contribution < 1.29 is 19.1 Å². The van der Waals surface area contributed by atoms with Gasteiger partial charge in [0, 0.05) is 25.9 Å². The van der Waals surface area contributed by atoms with Crippen LogP contribution in [-0.2, 0) is 9.47 Å². The minimum atomic E-state index is -0.538. The first kappa shape index (κ1) is 17.9. The van der Waals surface area contributed by atoms with Crippen LogP contribution in [0.2, 0.25) is 0 Å². The van der Waals surface area contributed by atoms with Gasteiger partial charge in [0.1, 0.15) is 17.4 Å². The lowest BCUT2D eigenvalue weighted by molar-refractivity contribution is -0.0326. The second-order valence-electron chi connectivity index (χ2n) is 6.88. The molecule has 0 aliphatic heterocycles. The molecular weight excluding hydrogens is 312 g/mol. The van der Waals surface area contributed by atoms with E-state index in [-0.39, 0.29) is 23.9 Å². The smallest absolute Gasteiger partial charge is 0.410 e. The van der Waals surface area contributed by atoms with Crippen LogP contribution in [0.4, 0.5) is 10.5 Å². The molecule has 0 spiro atoms. The second kappa shape index (κ2) is 6.98. The average molecular weight is 334 g/mol. The van der Waals surface area contributed by atoms with Gasteiger partial charge in [0.2, 0.25) is 0 Å². The molecule has 24 heavy (non-hydrogen) atoms. The van der Waals surface area contributed by atoms with E-state index in [1.165, 1.54) is 24.3 Å². The fourth-order valence-corrected chi connectivity index (χ4v) is 2.31. The van der Waals surface area contributed by atoms with E-state index in [1.54, 1.807) is 11.9 Å². The standard InChI is InChI=1S/C17H22N2O5/c1-17(2,3)24-16(21)19(4)13-9-14(10-13)23-15(20)11-5-7-12(18-22)8-6-11/h5-8,13-14H,9-10H2,1-4H3/t13-,14-. The summed E-state index contributed by atoms with van der Waals surface area (Å²) in [5.74, 6) is -0.448. The van der Waals surface area contributed by atoms with E-state index >= 15 is 0 Å². The molecule has 2 rings (SSSR count). The summed E-state index contributed by atoms with van der Waals surface area (Å²) < 4.78 is 10.7. The Bertz CT molecular complexity index is 615. The summed E-state index contributed by atoms with van der Waals surface area (Å²) in [6.45, 7) is 5.44. The van der Waals surface area contributed by atoms with Crippen LogP contribution in [-0.4, -0.2) is 41.8 Å². The van der Waals surface area contributed by atoms with E-state index in [1.807, 2.05) is 20.8 Å². The van der Waals surface area contributed by atoms with Gasteiger partial charge in [-0.2, -0.15) is 0 Å². The van der Waals surface area contributed by atoms with Gasteiger partial charge in [-0.25, -0.2) is 9.59 Å². The van der Waals surface area contributed by atoms with E-state index in [0.717, 1.165) is 0 Å². The van der Waals surface area contributed by atoms with Crippen molar-refractivity contribution >= 4 is 17.7 Å². The Morgan fingerprint density at radius 2 is 1.75 bits per heavy atom. The van der Waals surface area contributed by atoms with Crippen LogP contribution < -0.4 is 0 Å². The van der Waals surface area contributed by atoms with Crippen LogP contribution in [0.5, 0.6) is 0 Å². The summed E-state index contributed by atoms with van der Waals surface area (Å²) in [5.41, 5.74) is 0.0873. The van der Waals surface area contributed by atoms with E-state index < -0.39 is 11.6 Å². The van der Waals surface area contributed by atoms with Gasteiger partial charge in [0.15, 0.2) is 0 Å². The first-order chi connectivity index (χ1) is 11.2. The Balaban J connectivity index is 1.80. The van der Waals surface area contributed by atoms with E-state index in [9.17, 15) is 14.5 Å².